The van der Waals surface area contributed by atoms with Gasteiger partial charge >= 0.3 is 0 Å². The lowest BCUT2D eigenvalue weighted by Gasteiger charge is -2.13. The van der Waals surface area contributed by atoms with Gasteiger partial charge in [-0.05, 0) is 43.7 Å². The number of carbonyl (C=O) groups excluding carboxylic acids is 1. The molecule has 0 fully saturated rings. The first-order valence-corrected chi connectivity index (χ1v) is 8.25. The molecule has 0 bridgehead atoms. The molecule has 0 aliphatic carbocycles. The Hall–Kier alpha value is -2.00. The van der Waals surface area contributed by atoms with Crippen LogP contribution in [-0.2, 0) is 6.61 Å². The topological polar surface area (TPSA) is 38.3 Å². The average molecular weight is 332 g/mol. The minimum Gasteiger partial charge on any atom is -0.489 e. The molecule has 2 rings (SSSR count). The third-order valence-corrected chi connectivity index (χ3v) is 3.94. The highest BCUT2D eigenvalue weighted by Crippen LogP contribution is 2.19. The Morgan fingerprint density at radius 2 is 1.87 bits per heavy atom. The number of halogens is 1. The molecule has 0 aromatic heterocycles. The molecule has 0 spiro atoms. The number of carbonyl (C=O) groups is 1. The maximum absolute atomic E-state index is 12.1. The molecular weight excluding hydrogens is 310 g/mol. The first-order valence-electron chi connectivity index (χ1n) is 7.87. The normalized spacial score (nSPS) is 11.8. The fraction of sp³-hybridized carbons (Fsp3) is 0.316. The second kappa shape index (κ2) is 8.59. The summed E-state index contributed by atoms with van der Waals surface area (Å²) in [5.41, 5.74) is 1.57. The zero-order chi connectivity index (χ0) is 16.7. The van der Waals surface area contributed by atoms with Gasteiger partial charge in [0.1, 0.15) is 12.4 Å². The molecule has 0 saturated heterocycles. The highest BCUT2D eigenvalue weighted by molar-refractivity contribution is 6.31. The van der Waals surface area contributed by atoms with Crippen LogP contribution in [0.1, 0.15) is 42.6 Å². The summed E-state index contributed by atoms with van der Waals surface area (Å²) >= 11 is 6.10. The maximum atomic E-state index is 12.1. The third kappa shape index (κ3) is 5.29. The lowest BCUT2D eigenvalue weighted by atomic mass is 10.1. The van der Waals surface area contributed by atoms with Crippen LogP contribution in [0.25, 0.3) is 0 Å². The molecule has 0 aliphatic rings. The summed E-state index contributed by atoms with van der Waals surface area (Å²) < 4.78 is 5.71. The van der Waals surface area contributed by atoms with Gasteiger partial charge in [0.25, 0.3) is 5.91 Å². The van der Waals surface area contributed by atoms with Crippen molar-refractivity contribution in [2.24, 2.45) is 0 Å². The van der Waals surface area contributed by atoms with Crippen LogP contribution in [0.3, 0.4) is 0 Å². The molecule has 1 N–H and O–H groups in total. The van der Waals surface area contributed by atoms with E-state index in [1.54, 1.807) is 24.3 Å². The molecule has 0 heterocycles. The van der Waals surface area contributed by atoms with Crippen LogP contribution >= 0.6 is 11.6 Å². The van der Waals surface area contributed by atoms with E-state index in [9.17, 15) is 4.79 Å². The van der Waals surface area contributed by atoms with E-state index < -0.39 is 0 Å². The van der Waals surface area contributed by atoms with Gasteiger partial charge in [-0.3, -0.25) is 4.79 Å². The van der Waals surface area contributed by atoms with Crippen molar-refractivity contribution in [1.29, 1.82) is 0 Å². The van der Waals surface area contributed by atoms with Crippen LogP contribution in [-0.4, -0.2) is 11.9 Å². The van der Waals surface area contributed by atoms with E-state index in [1.165, 1.54) is 0 Å². The highest BCUT2D eigenvalue weighted by Gasteiger charge is 2.09. The van der Waals surface area contributed by atoms with Gasteiger partial charge in [0.2, 0.25) is 0 Å². The molecule has 2 aromatic rings. The van der Waals surface area contributed by atoms with Gasteiger partial charge in [-0.25, -0.2) is 0 Å². The number of hydrogen-bond donors (Lipinski definition) is 1. The lowest BCUT2D eigenvalue weighted by Crippen LogP contribution is -2.32. The summed E-state index contributed by atoms with van der Waals surface area (Å²) in [6.45, 7) is 4.52. The van der Waals surface area contributed by atoms with E-state index in [0.29, 0.717) is 22.9 Å². The molecule has 0 aliphatic heterocycles. The molecule has 3 nitrogen and oxygen atoms in total. The van der Waals surface area contributed by atoms with Crippen LogP contribution in [0.2, 0.25) is 5.02 Å². The Balaban J connectivity index is 1.92. The van der Waals surface area contributed by atoms with Crippen LogP contribution < -0.4 is 10.1 Å². The monoisotopic (exact) mass is 331 g/mol. The van der Waals surface area contributed by atoms with Gasteiger partial charge < -0.3 is 10.1 Å². The maximum Gasteiger partial charge on any atom is 0.251 e. The largest absolute Gasteiger partial charge is 0.489 e. The van der Waals surface area contributed by atoms with Crippen LogP contribution in [0.15, 0.2) is 48.5 Å². The summed E-state index contributed by atoms with van der Waals surface area (Å²) in [5.74, 6) is 0.659. The number of amides is 1. The Kier molecular flexibility index (Phi) is 6.48. The molecule has 1 amide bonds. The van der Waals surface area contributed by atoms with E-state index in [-0.39, 0.29) is 11.9 Å². The van der Waals surface area contributed by atoms with E-state index in [4.69, 9.17) is 16.3 Å². The van der Waals surface area contributed by atoms with Gasteiger partial charge in [-0.15, -0.1) is 0 Å². The first kappa shape index (κ1) is 17.4. The number of hydrogen-bond acceptors (Lipinski definition) is 2. The molecule has 2 aromatic carbocycles. The number of nitrogens with one attached hydrogen (secondary N) is 1. The Bertz CT molecular complexity index is 640. The minimum atomic E-state index is -0.0522. The summed E-state index contributed by atoms with van der Waals surface area (Å²) in [4.78, 5) is 12.1. The Labute approximate surface area is 142 Å². The van der Waals surface area contributed by atoms with E-state index in [1.807, 2.05) is 31.2 Å². The van der Waals surface area contributed by atoms with Crippen molar-refractivity contribution in [3.63, 3.8) is 0 Å². The summed E-state index contributed by atoms with van der Waals surface area (Å²) in [6, 6.07) is 14.9. The molecule has 0 radical (unpaired) electrons. The molecular formula is C19H22ClNO2. The lowest BCUT2D eigenvalue weighted by molar-refractivity contribution is 0.0938. The smallest absolute Gasteiger partial charge is 0.251 e. The van der Waals surface area contributed by atoms with Crippen LogP contribution in [0, 0.1) is 0 Å². The standard InChI is InChI=1S/C19H22ClNO2/c1-3-6-14(2)21-19(22)15-9-11-17(12-10-15)23-13-16-7-4-5-8-18(16)20/h4-5,7-12,14H,3,6,13H2,1-2H3,(H,21,22)/t14-/m1/s1. The second-order valence-corrected chi connectivity index (χ2v) is 5.97. The molecule has 0 unspecified atom stereocenters. The van der Waals surface area contributed by atoms with E-state index >= 15 is 0 Å². The fourth-order valence-corrected chi connectivity index (χ4v) is 2.48. The van der Waals surface area contributed by atoms with Crippen molar-refractivity contribution in [3.05, 3.63) is 64.7 Å². The first-order chi connectivity index (χ1) is 11.1. The molecule has 0 saturated carbocycles. The van der Waals surface area contributed by atoms with Crippen LogP contribution in [0.5, 0.6) is 5.75 Å². The Morgan fingerprint density at radius 1 is 1.17 bits per heavy atom. The predicted molar refractivity (Wildman–Crippen MR) is 94.1 cm³/mol. The van der Waals surface area contributed by atoms with Crippen molar-refractivity contribution in [3.8, 4) is 5.75 Å². The van der Waals surface area contributed by atoms with Crippen molar-refractivity contribution in [2.75, 3.05) is 0 Å². The van der Waals surface area contributed by atoms with Crippen molar-refractivity contribution < 1.29 is 9.53 Å². The SMILES string of the molecule is CCC[C@@H](C)NC(=O)c1ccc(OCc2ccccc2Cl)cc1. The number of rotatable bonds is 7. The number of benzene rings is 2. The highest BCUT2D eigenvalue weighted by atomic mass is 35.5. The van der Waals surface area contributed by atoms with E-state index in [2.05, 4.69) is 12.2 Å². The predicted octanol–water partition coefficient (Wildman–Crippen LogP) is 4.84. The average Bonchev–Trinajstić information content (AvgIpc) is 2.55. The zero-order valence-electron chi connectivity index (χ0n) is 13.5. The minimum absolute atomic E-state index is 0.0522. The summed E-state index contributed by atoms with van der Waals surface area (Å²) in [6.07, 6.45) is 2.03. The van der Waals surface area contributed by atoms with E-state index in [0.717, 1.165) is 18.4 Å². The van der Waals surface area contributed by atoms with Crippen molar-refractivity contribution in [1.82, 2.24) is 5.32 Å². The van der Waals surface area contributed by atoms with Gasteiger partial charge in [0.15, 0.2) is 0 Å². The van der Waals surface area contributed by atoms with Crippen molar-refractivity contribution >= 4 is 17.5 Å². The summed E-state index contributed by atoms with van der Waals surface area (Å²) in [7, 11) is 0. The third-order valence-electron chi connectivity index (χ3n) is 3.57. The second-order valence-electron chi connectivity index (χ2n) is 5.57. The van der Waals surface area contributed by atoms with Gasteiger partial charge in [0, 0.05) is 22.2 Å². The zero-order valence-corrected chi connectivity index (χ0v) is 14.3. The van der Waals surface area contributed by atoms with Gasteiger partial charge in [0.05, 0.1) is 0 Å². The summed E-state index contributed by atoms with van der Waals surface area (Å²) in [5, 5.41) is 3.67. The Morgan fingerprint density at radius 3 is 2.52 bits per heavy atom. The molecule has 122 valence electrons. The number of ether oxygens (including phenoxy) is 1. The quantitative estimate of drug-likeness (QED) is 0.788. The molecule has 1 atom stereocenters. The van der Waals surface area contributed by atoms with Gasteiger partial charge in [-0.1, -0.05) is 43.1 Å². The van der Waals surface area contributed by atoms with Gasteiger partial charge in [-0.2, -0.15) is 0 Å². The molecule has 4 heteroatoms. The molecule has 23 heavy (non-hydrogen) atoms. The fourth-order valence-electron chi connectivity index (χ4n) is 2.29. The van der Waals surface area contributed by atoms with Crippen molar-refractivity contribution in [2.45, 2.75) is 39.3 Å². The van der Waals surface area contributed by atoms with Crippen LogP contribution in [0.4, 0.5) is 0 Å².